The third-order valence-electron chi connectivity index (χ3n) is 4.95. The van der Waals surface area contributed by atoms with Gasteiger partial charge in [0, 0.05) is 24.8 Å². The zero-order valence-electron chi connectivity index (χ0n) is 15.8. The van der Waals surface area contributed by atoms with E-state index in [9.17, 15) is 14.0 Å². The minimum atomic E-state index is -0.674. The molecule has 0 saturated carbocycles. The summed E-state index contributed by atoms with van der Waals surface area (Å²) in [5.41, 5.74) is 8.58. The van der Waals surface area contributed by atoms with Crippen molar-refractivity contribution in [1.82, 2.24) is 10.2 Å². The molecule has 148 valence electrons. The molecule has 3 rings (SSSR count). The van der Waals surface area contributed by atoms with Gasteiger partial charge in [-0.2, -0.15) is 0 Å². The quantitative estimate of drug-likeness (QED) is 0.757. The lowest BCUT2D eigenvalue weighted by Crippen LogP contribution is -2.49. The molecule has 0 radical (unpaired) electrons. The Morgan fingerprint density at radius 3 is 2.29 bits per heavy atom. The van der Waals surface area contributed by atoms with Crippen LogP contribution < -0.4 is 16.4 Å². The Morgan fingerprint density at radius 1 is 1.07 bits per heavy atom. The highest BCUT2D eigenvalue weighted by Crippen LogP contribution is 2.18. The molecule has 2 aromatic carbocycles. The van der Waals surface area contributed by atoms with Crippen LogP contribution in [0.5, 0.6) is 0 Å². The number of carbonyl (C=O) groups excluding carboxylic acids is 2. The van der Waals surface area contributed by atoms with Gasteiger partial charge in [0.1, 0.15) is 11.9 Å². The monoisotopic (exact) mass is 384 g/mol. The average molecular weight is 384 g/mol. The van der Waals surface area contributed by atoms with E-state index in [-0.39, 0.29) is 23.8 Å². The second kappa shape index (κ2) is 8.84. The summed E-state index contributed by atoms with van der Waals surface area (Å²) in [6.07, 6.45) is 1.31. The zero-order chi connectivity index (χ0) is 20.1. The molecule has 4 N–H and O–H groups in total. The normalized spacial score (nSPS) is 15.8. The van der Waals surface area contributed by atoms with Crippen LogP contribution in [0.1, 0.15) is 30.0 Å². The average Bonchev–Trinajstić information content (AvgIpc) is 2.70. The highest BCUT2D eigenvalue weighted by molar-refractivity contribution is 5.89. The lowest BCUT2D eigenvalue weighted by molar-refractivity contribution is -0.133. The van der Waals surface area contributed by atoms with Crippen molar-refractivity contribution in [2.75, 3.05) is 18.4 Å². The first-order valence-electron chi connectivity index (χ1n) is 9.36. The number of nitrogens with one attached hydrogen (secondary N) is 2. The van der Waals surface area contributed by atoms with Crippen molar-refractivity contribution in [3.05, 3.63) is 65.5 Å². The number of hydrogen-bond acceptors (Lipinski definition) is 3. The fourth-order valence-electron chi connectivity index (χ4n) is 3.24. The molecule has 1 aliphatic heterocycles. The molecule has 1 heterocycles. The minimum absolute atomic E-state index is 0.0277. The predicted molar refractivity (Wildman–Crippen MR) is 106 cm³/mol. The maximum Gasteiger partial charge on any atom is 0.319 e. The number of rotatable bonds is 4. The van der Waals surface area contributed by atoms with Gasteiger partial charge in [-0.05, 0) is 49.6 Å². The molecule has 0 spiro atoms. The summed E-state index contributed by atoms with van der Waals surface area (Å²) in [6.45, 7) is 3.07. The molecule has 1 fully saturated rings. The van der Waals surface area contributed by atoms with Crippen LogP contribution in [0.15, 0.2) is 48.5 Å². The molecule has 6 nitrogen and oxygen atoms in total. The summed E-state index contributed by atoms with van der Waals surface area (Å²) in [7, 11) is 0. The number of aryl methyl sites for hydroxylation is 1. The van der Waals surface area contributed by atoms with E-state index in [1.54, 1.807) is 4.90 Å². The first-order chi connectivity index (χ1) is 13.4. The number of halogens is 1. The molecule has 7 heteroatoms. The van der Waals surface area contributed by atoms with E-state index in [0.717, 1.165) is 11.1 Å². The summed E-state index contributed by atoms with van der Waals surface area (Å²) in [6, 6.07) is 12.2. The fraction of sp³-hybridized carbons (Fsp3) is 0.333. The molecule has 1 unspecified atom stereocenters. The van der Waals surface area contributed by atoms with Crippen LogP contribution in [0, 0.1) is 12.7 Å². The number of benzene rings is 2. The largest absolute Gasteiger partial charge is 0.341 e. The SMILES string of the molecule is Cc1ccc(C(N)C(=O)N2CCC(NC(=O)Nc3ccc(F)cc3)CC2)cc1. The van der Waals surface area contributed by atoms with Crippen LogP contribution in [-0.4, -0.2) is 36.0 Å². The highest BCUT2D eigenvalue weighted by Gasteiger charge is 2.27. The maximum absolute atomic E-state index is 12.9. The number of nitrogens with two attached hydrogens (primary N) is 1. The fourth-order valence-corrected chi connectivity index (χ4v) is 3.24. The van der Waals surface area contributed by atoms with Crippen molar-refractivity contribution in [2.24, 2.45) is 5.73 Å². The van der Waals surface area contributed by atoms with E-state index in [4.69, 9.17) is 5.73 Å². The Balaban J connectivity index is 1.47. The van der Waals surface area contributed by atoms with Crippen LogP contribution in [0.2, 0.25) is 0 Å². The molecule has 0 aromatic heterocycles. The molecule has 1 saturated heterocycles. The van der Waals surface area contributed by atoms with Gasteiger partial charge in [-0.25, -0.2) is 9.18 Å². The molecule has 28 heavy (non-hydrogen) atoms. The van der Waals surface area contributed by atoms with Crippen molar-refractivity contribution in [3.63, 3.8) is 0 Å². The Hall–Kier alpha value is -2.93. The van der Waals surface area contributed by atoms with E-state index in [1.807, 2.05) is 31.2 Å². The Morgan fingerprint density at radius 2 is 1.68 bits per heavy atom. The van der Waals surface area contributed by atoms with Gasteiger partial charge in [0.05, 0.1) is 0 Å². The maximum atomic E-state index is 12.9. The van der Waals surface area contributed by atoms with Gasteiger partial charge in [-0.1, -0.05) is 29.8 Å². The number of nitrogens with zero attached hydrogens (tertiary/aromatic N) is 1. The van der Waals surface area contributed by atoms with Crippen molar-refractivity contribution in [2.45, 2.75) is 31.8 Å². The predicted octanol–water partition coefficient (Wildman–Crippen LogP) is 2.95. The van der Waals surface area contributed by atoms with Crippen molar-refractivity contribution < 1.29 is 14.0 Å². The third kappa shape index (κ3) is 5.07. The lowest BCUT2D eigenvalue weighted by atomic mass is 10.0. The van der Waals surface area contributed by atoms with Crippen molar-refractivity contribution >= 4 is 17.6 Å². The number of hydrogen-bond donors (Lipinski definition) is 3. The number of urea groups is 1. The Bertz CT molecular complexity index is 815. The lowest BCUT2D eigenvalue weighted by Gasteiger charge is -2.34. The first kappa shape index (κ1) is 19.8. The van der Waals surface area contributed by atoms with E-state index < -0.39 is 6.04 Å². The topological polar surface area (TPSA) is 87.5 Å². The number of piperidine rings is 1. The summed E-state index contributed by atoms with van der Waals surface area (Å²) in [5.74, 6) is -0.454. The molecule has 3 amide bonds. The second-order valence-electron chi connectivity index (χ2n) is 7.09. The number of amides is 3. The van der Waals surface area contributed by atoms with E-state index in [1.165, 1.54) is 24.3 Å². The summed E-state index contributed by atoms with van der Waals surface area (Å²) in [4.78, 5) is 26.5. The van der Waals surface area contributed by atoms with Crippen molar-refractivity contribution in [1.29, 1.82) is 0 Å². The summed E-state index contributed by atoms with van der Waals surface area (Å²) < 4.78 is 12.9. The number of anilines is 1. The van der Waals surface area contributed by atoms with Crippen LogP contribution in [-0.2, 0) is 4.79 Å². The minimum Gasteiger partial charge on any atom is -0.341 e. The van der Waals surface area contributed by atoms with Gasteiger partial charge < -0.3 is 21.3 Å². The van der Waals surface area contributed by atoms with Gasteiger partial charge in [-0.15, -0.1) is 0 Å². The third-order valence-corrected chi connectivity index (χ3v) is 4.95. The first-order valence-corrected chi connectivity index (χ1v) is 9.36. The van der Waals surface area contributed by atoms with Crippen LogP contribution >= 0.6 is 0 Å². The molecule has 1 atom stereocenters. The van der Waals surface area contributed by atoms with Gasteiger partial charge in [0.15, 0.2) is 0 Å². The van der Waals surface area contributed by atoms with Crippen LogP contribution in [0.25, 0.3) is 0 Å². The Labute approximate surface area is 163 Å². The molecular formula is C21H25FN4O2. The van der Waals surface area contributed by atoms with Gasteiger partial charge in [0.25, 0.3) is 0 Å². The number of carbonyl (C=O) groups is 2. The van der Waals surface area contributed by atoms with Gasteiger partial charge >= 0.3 is 6.03 Å². The smallest absolute Gasteiger partial charge is 0.319 e. The van der Waals surface area contributed by atoms with Crippen LogP contribution in [0.4, 0.5) is 14.9 Å². The zero-order valence-corrected chi connectivity index (χ0v) is 15.8. The van der Waals surface area contributed by atoms with Crippen molar-refractivity contribution in [3.8, 4) is 0 Å². The van der Waals surface area contributed by atoms with E-state index in [2.05, 4.69) is 10.6 Å². The van der Waals surface area contributed by atoms with Gasteiger partial charge in [-0.3, -0.25) is 4.79 Å². The highest BCUT2D eigenvalue weighted by atomic mass is 19.1. The molecule has 0 aliphatic carbocycles. The second-order valence-corrected chi connectivity index (χ2v) is 7.09. The van der Waals surface area contributed by atoms with Crippen LogP contribution in [0.3, 0.4) is 0 Å². The molecular weight excluding hydrogens is 359 g/mol. The van der Waals surface area contributed by atoms with E-state index in [0.29, 0.717) is 31.6 Å². The molecule has 1 aliphatic rings. The summed E-state index contributed by atoms with van der Waals surface area (Å²) >= 11 is 0. The number of likely N-dealkylation sites (tertiary alicyclic amines) is 1. The summed E-state index contributed by atoms with van der Waals surface area (Å²) in [5, 5.41) is 5.57. The molecule has 2 aromatic rings. The Kier molecular flexibility index (Phi) is 6.26. The standard InChI is InChI=1S/C21H25FN4O2/c1-14-2-4-15(5-3-14)19(23)20(27)26-12-10-18(11-13-26)25-21(28)24-17-8-6-16(22)7-9-17/h2-9,18-19H,10-13,23H2,1H3,(H2,24,25,28). The van der Waals surface area contributed by atoms with E-state index >= 15 is 0 Å². The van der Waals surface area contributed by atoms with Gasteiger partial charge in [0.2, 0.25) is 5.91 Å². The molecule has 0 bridgehead atoms.